The van der Waals surface area contributed by atoms with E-state index < -0.39 is 0 Å². The summed E-state index contributed by atoms with van der Waals surface area (Å²) < 4.78 is 7.03. The fourth-order valence-electron chi connectivity index (χ4n) is 2.62. The molecule has 0 fully saturated rings. The number of amides is 1. The number of hydrogen-bond acceptors (Lipinski definition) is 5. The summed E-state index contributed by atoms with van der Waals surface area (Å²) in [5, 5.41) is 15.0. The highest BCUT2D eigenvalue weighted by Crippen LogP contribution is 2.21. The van der Waals surface area contributed by atoms with Gasteiger partial charge >= 0.3 is 0 Å². The quantitative estimate of drug-likeness (QED) is 0.787. The standard InChI is InChI=1S/C14H25N5O2/c1-10(2)8-11(16-13(20)9-21-3)14-18-17-12-4-5-15-6-7-19(12)14/h10-11,15H,4-9H2,1-3H3,(H,16,20)/t11-/m0/s1. The van der Waals surface area contributed by atoms with Gasteiger partial charge in [0.05, 0.1) is 6.04 Å². The highest BCUT2D eigenvalue weighted by molar-refractivity contribution is 5.77. The maximum Gasteiger partial charge on any atom is 0.246 e. The molecular formula is C14H25N5O2. The molecule has 1 aromatic rings. The van der Waals surface area contributed by atoms with Crippen LogP contribution >= 0.6 is 0 Å². The summed E-state index contributed by atoms with van der Waals surface area (Å²) in [5.74, 6) is 2.18. The Hall–Kier alpha value is -1.47. The smallest absolute Gasteiger partial charge is 0.246 e. The summed E-state index contributed by atoms with van der Waals surface area (Å²) >= 11 is 0. The molecular weight excluding hydrogens is 270 g/mol. The Morgan fingerprint density at radius 3 is 2.95 bits per heavy atom. The van der Waals surface area contributed by atoms with E-state index in [9.17, 15) is 4.79 Å². The first-order chi connectivity index (χ1) is 10.1. The Balaban J connectivity index is 2.19. The molecule has 1 amide bonds. The van der Waals surface area contributed by atoms with Gasteiger partial charge in [-0.25, -0.2) is 0 Å². The first-order valence-electron chi connectivity index (χ1n) is 7.52. The van der Waals surface area contributed by atoms with Crippen LogP contribution in [0.25, 0.3) is 0 Å². The number of aromatic nitrogens is 3. The Kier molecular flexibility index (Phi) is 5.69. The largest absolute Gasteiger partial charge is 0.375 e. The number of nitrogens with one attached hydrogen (secondary N) is 2. The molecule has 1 aliphatic heterocycles. The lowest BCUT2D eigenvalue weighted by Crippen LogP contribution is -2.34. The molecule has 0 unspecified atom stereocenters. The fraction of sp³-hybridized carbons (Fsp3) is 0.786. The molecule has 1 aromatic heterocycles. The van der Waals surface area contributed by atoms with Gasteiger partial charge in [0, 0.05) is 33.2 Å². The number of hydrogen-bond donors (Lipinski definition) is 2. The molecule has 0 aliphatic carbocycles. The van der Waals surface area contributed by atoms with Gasteiger partial charge in [0.1, 0.15) is 12.4 Å². The fourth-order valence-corrected chi connectivity index (χ4v) is 2.62. The Labute approximate surface area is 125 Å². The van der Waals surface area contributed by atoms with Gasteiger partial charge in [0.15, 0.2) is 5.82 Å². The topological polar surface area (TPSA) is 81.1 Å². The van der Waals surface area contributed by atoms with Crippen molar-refractivity contribution in [3.63, 3.8) is 0 Å². The van der Waals surface area contributed by atoms with Crippen molar-refractivity contribution in [2.75, 3.05) is 26.8 Å². The molecule has 118 valence electrons. The van der Waals surface area contributed by atoms with Gasteiger partial charge in [-0.05, 0) is 12.3 Å². The molecule has 0 radical (unpaired) electrons. The Bertz CT molecular complexity index is 472. The zero-order chi connectivity index (χ0) is 15.2. The van der Waals surface area contributed by atoms with Crippen LogP contribution in [0.2, 0.25) is 0 Å². The van der Waals surface area contributed by atoms with E-state index in [2.05, 4.69) is 39.2 Å². The zero-order valence-electron chi connectivity index (χ0n) is 13.1. The number of fused-ring (bicyclic) bond motifs is 1. The van der Waals surface area contributed by atoms with Gasteiger partial charge in [-0.2, -0.15) is 0 Å². The molecule has 0 bridgehead atoms. The van der Waals surface area contributed by atoms with E-state index in [-0.39, 0.29) is 18.6 Å². The molecule has 2 heterocycles. The predicted octanol–water partition coefficient (Wildman–Crippen LogP) is 0.274. The van der Waals surface area contributed by atoms with Crippen molar-refractivity contribution in [3.8, 4) is 0 Å². The third kappa shape index (κ3) is 4.25. The van der Waals surface area contributed by atoms with E-state index in [1.54, 1.807) is 0 Å². The minimum atomic E-state index is -0.119. The average Bonchev–Trinajstić information content (AvgIpc) is 2.67. The predicted molar refractivity (Wildman–Crippen MR) is 78.8 cm³/mol. The van der Waals surface area contributed by atoms with E-state index in [0.29, 0.717) is 5.92 Å². The molecule has 0 spiro atoms. The van der Waals surface area contributed by atoms with E-state index in [1.807, 2.05) is 0 Å². The molecule has 0 saturated carbocycles. The normalized spacial score (nSPS) is 16.4. The highest BCUT2D eigenvalue weighted by atomic mass is 16.5. The van der Waals surface area contributed by atoms with Gasteiger partial charge in [0.2, 0.25) is 5.91 Å². The SMILES string of the molecule is COCC(=O)N[C@@H](CC(C)C)c1nnc2n1CCNCC2. The second-order valence-electron chi connectivity index (χ2n) is 5.81. The summed E-state index contributed by atoms with van der Waals surface area (Å²) in [6.45, 7) is 7.00. The molecule has 2 rings (SSSR count). The molecule has 7 nitrogen and oxygen atoms in total. The van der Waals surface area contributed by atoms with Crippen molar-refractivity contribution < 1.29 is 9.53 Å². The minimum Gasteiger partial charge on any atom is -0.375 e. The van der Waals surface area contributed by atoms with Crippen molar-refractivity contribution in [1.29, 1.82) is 0 Å². The van der Waals surface area contributed by atoms with Gasteiger partial charge in [-0.1, -0.05) is 13.8 Å². The summed E-state index contributed by atoms with van der Waals surface area (Å²) in [4.78, 5) is 11.9. The van der Waals surface area contributed by atoms with Crippen molar-refractivity contribution in [2.24, 2.45) is 5.92 Å². The number of rotatable bonds is 6. The van der Waals surface area contributed by atoms with E-state index in [4.69, 9.17) is 4.74 Å². The van der Waals surface area contributed by atoms with E-state index in [0.717, 1.165) is 44.1 Å². The first kappa shape index (κ1) is 15.9. The Morgan fingerprint density at radius 2 is 2.24 bits per heavy atom. The van der Waals surface area contributed by atoms with Crippen molar-refractivity contribution in [3.05, 3.63) is 11.6 Å². The van der Waals surface area contributed by atoms with Crippen LogP contribution in [0.5, 0.6) is 0 Å². The van der Waals surface area contributed by atoms with Gasteiger partial charge in [-0.3, -0.25) is 4.79 Å². The van der Waals surface area contributed by atoms with Gasteiger partial charge < -0.3 is 19.9 Å². The van der Waals surface area contributed by atoms with Crippen LogP contribution in [-0.4, -0.2) is 47.5 Å². The molecule has 1 atom stereocenters. The second-order valence-corrected chi connectivity index (χ2v) is 5.81. The van der Waals surface area contributed by atoms with Gasteiger partial charge in [-0.15, -0.1) is 10.2 Å². The van der Waals surface area contributed by atoms with Crippen LogP contribution in [0.15, 0.2) is 0 Å². The molecule has 2 N–H and O–H groups in total. The van der Waals surface area contributed by atoms with E-state index in [1.165, 1.54) is 7.11 Å². The van der Waals surface area contributed by atoms with Crippen molar-refractivity contribution in [2.45, 2.75) is 39.3 Å². The van der Waals surface area contributed by atoms with Crippen molar-refractivity contribution in [1.82, 2.24) is 25.4 Å². The first-order valence-corrected chi connectivity index (χ1v) is 7.52. The molecule has 21 heavy (non-hydrogen) atoms. The summed E-state index contributed by atoms with van der Waals surface area (Å²) in [6, 6.07) is -0.119. The number of methoxy groups -OCH3 is 1. The summed E-state index contributed by atoms with van der Waals surface area (Å²) in [6.07, 6.45) is 1.70. The van der Waals surface area contributed by atoms with Crippen LogP contribution in [0.4, 0.5) is 0 Å². The summed E-state index contributed by atoms with van der Waals surface area (Å²) in [5.41, 5.74) is 0. The maximum absolute atomic E-state index is 11.9. The molecule has 0 saturated heterocycles. The number of ether oxygens (including phenoxy) is 1. The number of nitrogens with zero attached hydrogens (tertiary/aromatic N) is 3. The lowest BCUT2D eigenvalue weighted by molar-refractivity contribution is -0.125. The van der Waals surface area contributed by atoms with Crippen LogP contribution in [0.1, 0.15) is 38.0 Å². The lowest BCUT2D eigenvalue weighted by Gasteiger charge is -2.21. The van der Waals surface area contributed by atoms with Crippen LogP contribution in [0, 0.1) is 5.92 Å². The monoisotopic (exact) mass is 295 g/mol. The number of carbonyl (C=O) groups is 1. The third-order valence-electron chi connectivity index (χ3n) is 3.52. The molecule has 7 heteroatoms. The minimum absolute atomic E-state index is 0.0666. The van der Waals surface area contributed by atoms with Crippen molar-refractivity contribution >= 4 is 5.91 Å². The summed E-state index contributed by atoms with van der Waals surface area (Å²) in [7, 11) is 1.52. The zero-order valence-corrected chi connectivity index (χ0v) is 13.1. The maximum atomic E-state index is 11.9. The Morgan fingerprint density at radius 1 is 1.43 bits per heavy atom. The van der Waals surface area contributed by atoms with Gasteiger partial charge in [0.25, 0.3) is 0 Å². The van der Waals surface area contributed by atoms with Crippen LogP contribution in [-0.2, 0) is 22.5 Å². The highest BCUT2D eigenvalue weighted by Gasteiger charge is 2.24. The average molecular weight is 295 g/mol. The third-order valence-corrected chi connectivity index (χ3v) is 3.52. The second kappa shape index (κ2) is 7.51. The molecule has 1 aliphatic rings. The van der Waals surface area contributed by atoms with E-state index >= 15 is 0 Å². The van der Waals surface area contributed by atoms with Crippen LogP contribution < -0.4 is 10.6 Å². The molecule has 0 aromatic carbocycles. The van der Waals surface area contributed by atoms with Crippen LogP contribution in [0.3, 0.4) is 0 Å². The number of carbonyl (C=O) groups excluding carboxylic acids is 1. The lowest BCUT2D eigenvalue weighted by atomic mass is 10.0.